The van der Waals surface area contributed by atoms with Crippen LogP contribution in [0, 0.1) is 11.8 Å². The number of carbonyl (C=O) groups excluding carboxylic acids is 3. The molecule has 3 rings (SSSR count). The van der Waals surface area contributed by atoms with Crippen molar-refractivity contribution in [2.24, 2.45) is 11.8 Å². The van der Waals surface area contributed by atoms with Crippen molar-refractivity contribution in [2.75, 3.05) is 6.54 Å². The Kier molecular flexibility index (Phi) is 5.40. The molecule has 0 unspecified atom stereocenters. The van der Waals surface area contributed by atoms with Gasteiger partial charge in [0.15, 0.2) is 0 Å². The van der Waals surface area contributed by atoms with Gasteiger partial charge in [0.25, 0.3) is 5.91 Å². The van der Waals surface area contributed by atoms with Gasteiger partial charge >= 0.3 is 12.2 Å². The molecule has 27 heavy (non-hydrogen) atoms. The van der Waals surface area contributed by atoms with Crippen LogP contribution in [0.1, 0.15) is 58.3 Å². The lowest BCUT2D eigenvalue weighted by atomic mass is 9.73. The summed E-state index contributed by atoms with van der Waals surface area (Å²) in [4.78, 5) is 38.3. The van der Waals surface area contributed by atoms with E-state index in [0.29, 0.717) is 19.3 Å². The van der Waals surface area contributed by atoms with Crippen molar-refractivity contribution >= 4 is 17.8 Å². The first kappa shape index (κ1) is 19.9. The third-order valence-electron chi connectivity index (χ3n) is 6.31. The van der Waals surface area contributed by atoms with Crippen LogP contribution in [-0.2, 0) is 9.59 Å². The zero-order valence-electron chi connectivity index (χ0n) is 15.4. The molecule has 0 aromatic heterocycles. The average Bonchev–Trinajstić information content (AvgIpc) is 2.82. The monoisotopic (exact) mass is 389 g/mol. The zero-order chi connectivity index (χ0) is 19.8. The lowest BCUT2D eigenvalue weighted by Gasteiger charge is -2.36. The highest BCUT2D eigenvalue weighted by Crippen LogP contribution is 2.39. The van der Waals surface area contributed by atoms with E-state index in [1.54, 1.807) is 0 Å². The fraction of sp³-hybridized carbons (Fsp3) is 0.833. The molecule has 9 heteroatoms. The molecule has 0 bridgehead atoms. The summed E-state index contributed by atoms with van der Waals surface area (Å²) in [5.41, 5.74) is -0.943. The molecule has 1 aliphatic heterocycles. The summed E-state index contributed by atoms with van der Waals surface area (Å²) < 4.78 is 38.7. The first-order valence-corrected chi connectivity index (χ1v) is 9.63. The van der Waals surface area contributed by atoms with Crippen molar-refractivity contribution in [2.45, 2.75) is 76.0 Å². The van der Waals surface area contributed by atoms with Crippen molar-refractivity contribution in [1.29, 1.82) is 0 Å². The van der Waals surface area contributed by atoms with Gasteiger partial charge in [-0.25, -0.2) is 4.79 Å². The highest BCUT2D eigenvalue weighted by atomic mass is 19.4. The van der Waals surface area contributed by atoms with Crippen molar-refractivity contribution in [3.8, 4) is 0 Å². The van der Waals surface area contributed by atoms with Gasteiger partial charge in [0.05, 0.1) is 5.92 Å². The Bertz CT molecular complexity index is 625. The number of amides is 4. The van der Waals surface area contributed by atoms with Crippen LogP contribution >= 0.6 is 0 Å². The van der Waals surface area contributed by atoms with Gasteiger partial charge in [-0.2, -0.15) is 13.2 Å². The summed E-state index contributed by atoms with van der Waals surface area (Å²) in [5.74, 6) is -2.42. The Balaban J connectivity index is 1.59. The molecule has 1 spiro atoms. The summed E-state index contributed by atoms with van der Waals surface area (Å²) in [5, 5.41) is 5.34. The number of nitrogens with zero attached hydrogens (tertiary/aromatic N) is 1. The van der Waals surface area contributed by atoms with Gasteiger partial charge in [0, 0.05) is 6.04 Å². The van der Waals surface area contributed by atoms with Gasteiger partial charge in [-0.3, -0.25) is 14.5 Å². The van der Waals surface area contributed by atoms with Gasteiger partial charge in [-0.1, -0.05) is 26.2 Å². The van der Waals surface area contributed by atoms with E-state index in [1.165, 1.54) is 0 Å². The molecule has 1 saturated heterocycles. The van der Waals surface area contributed by atoms with Crippen molar-refractivity contribution in [3.63, 3.8) is 0 Å². The van der Waals surface area contributed by atoms with Crippen molar-refractivity contribution < 1.29 is 27.6 Å². The number of alkyl halides is 3. The quantitative estimate of drug-likeness (QED) is 0.729. The zero-order valence-corrected chi connectivity index (χ0v) is 15.4. The van der Waals surface area contributed by atoms with Gasteiger partial charge in [-0.05, 0) is 38.0 Å². The predicted octanol–water partition coefficient (Wildman–Crippen LogP) is 2.72. The average molecular weight is 389 g/mol. The summed E-state index contributed by atoms with van der Waals surface area (Å²) in [6, 6.07) is -1.18. The molecule has 3 aliphatic rings. The fourth-order valence-electron chi connectivity index (χ4n) is 4.67. The van der Waals surface area contributed by atoms with Crippen LogP contribution in [0.5, 0.6) is 0 Å². The van der Waals surface area contributed by atoms with E-state index in [2.05, 4.69) is 10.6 Å². The van der Waals surface area contributed by atoms with E-state index >= 15 is 0 Å². The molecule has 0 radical (unpaired) electrons. The van der Waals surface area contributed by atoms with E-state index in [0.717, 1.165) is 24.2 Å². The molecule has 4 atom stereocenters. The molecule has 0 aromatic rings. The van der Waals surface area contributed by atoms with Gasteiger partial charge in [-0.15, -0.1) is 0 Å². The van der Waals surface area contributed by atoms with E-state index in [9.17, 15) is 27.6 Å². The topological polar surface area (TPSA) is 78.5 Å². The number of hydrogen-bond acceptors (Lipinski definition) is 3. The Morgan fingerprint density at radius 2 is 1.96 bits per heavy atom. The number of hydrogen-bond donors (Lipinski definition) is 2. The molecular weight excluding hydrogens is 363 g/mol. The van der Waals surface area contributed by atoms with Gasteiger partial charge < -0.3 is 10.6 Å². The largest absolute Gasteiger partial charge is 0.391 e. The Morgan fingerprint density at radius 3 is 2.63 bits per heavy atom. The van der Waals surface area contributed by atoms with Crippen LogP contribution in [0.25, 0.3) is 0 Å². The maximum Gasteiger partial charge on any atom is 0.391 e. The van der Waals surface area contributed by atoms with Gasteiger partial charge in [0.2, 0.25) is 5.91 Å². The molecular formula is C18H26F3N3O3. The standard InChI is InChI=1S/C18H26F3N3O3/c1-11-5-2-3-8-17(11)15(26)24(16(27)23-17)10-14(25)22-13-7-4-6-12(9-13)18(19,20)21/h11-13H,2-10H2,1H3,(H,22,25)(H,23,27)/t11-,12+,13-,17+/m1/s1. The molecule has 1 heterocycles. The van der Waals surface area contributed by atoms with E-state index in [4.69, 9.17) is 0 Å². The summed E-state index contributed by atoms with van der Waals surface area (Å²) in [6.45, 7) is 1.46. The van der Waals surface area contributed by atoms with Crippen LogP contribution < -0.4 is 10.6 Å². The molecule has 2 N–H and O–H groups in total. The summed E-state index contributed by atoms with van der Waals surface area (Å²) >= 11 is 0. The first-order valence-electron chi connectivity index (χ1n) is 9.63. The summed E-state index contributed by atoms with van der Waals surface area (Å²) in [6.07, 6.45) is -0.290. The highest BCUT2D eigenvalue weighted by molar-refractivity contribution is 6.09. The van der Waals surface area contributed by atoms with Gasteiger partial charge in [0.1, 0.15) is 12.1 Å². The lowest BCUT2D eigenvalue weighted by molar-refractivity contribution is -0.184. The minimum atomic E-state index is -4.27. The van der Waals surface area contributed by atoms with E-state index < -0.39 is 48.1 Å². The first-order chi connectivity index (χ1) is 12.6. The third kappa shape index (κ3) is 3.91. The highest BCUT2D eigenvalue weighted by Gasteiger charge is 2.55. The Labute approximate surface area is 156 Å². The van der Waals surface area contributed by atoms with Crippen LogP contribution in [0.4, 0.5) is 18.0 Å². The van der Waals surface area contributed by atoms with Crippen molar-refractivity contribution in [1.82, 2.24) is 15.5 Å². The SMILES string of the molecule is C[C@@H]1CCCC[C@]12NC(=O)N(CC(=O)N[C@@H]1CCC[C@H](C(F)(F)F)C1)C2=O. The van der Waals surface area contributed by atoms with Crippen LogP contribution in [0.3, 0.4) is 0 Å². The smallest absolute Gasteiger partial charge is 0.352 e. The number of halogens is 3. The Morgan fingerprint density at radius 1 is 1.22 bits per heavy atom. The minimum Gasteiger partial charge on any atom is -0.352 e. The fourth-order valence-corrected chi connectivity index (χ4v) is 4.67. The second-order valence-corrected chi connectivity index (χ2v) is 8.11. The van der Waals surface area contributed by atoms with Crippen LogP contribution in [-0.4, -0.2) is 47.0 Å². The number of nitrogens with one attached hydrogen (secondary N) is 2. The molecule has 0 aromatic carbocycles. The molecule has 3 fully saturated rings. The Hall–Kier alpha value is -1.80. The molecule has 2 aliphatic carbocycles. The number of carbonyl (C=O) groups is 3. The maximum atomic E-state index is 12.9. The molecule has 4 amide bonds. The van der Waals surface area contributed by atoms with Crippen molar-refractivity contribution in [3.05, 3.63) is 0 Å². The van der Waals surface area contributed by atoms with Crippen LogP contribution in [0.2, 0.25) is 0 Å². The second-order valence-electron chi connectivity index (χ2n) is 8.11. The number of imide groups is 1. The number of urea groups is 1. The molecule has 2 saturated carbocycles. The predicted molar refractivity (Wildman–Crippen MR) is 90.6 cm³/mol. The van der Waals surface area contributed by atoms with Crippen LogP contribution in [0.15, 0.2) is 0 Å². The summed E-state index contributed by atoms with van der Waals surface area (Å²) in [7, 11) is 0. The number of rotatable bonds is 3. The minimum absolute atomic E-state index is 0.0124. The van der Waals surface area contributed by atoms with E-state index in [-0.39, 0.29) is 18.8 Å². The van der Waals surface area contributed by atoms with E-state index in [1.807, 2.05) is 6.92 Å². The normalized spacial score (nSPS) is 34.7. The maximum absolute atomic E-state index is 12.9. The molecule has 152 valence electrons. The molecule has 6 nitrogen and oxygen atoms in total. The lowest BCUT2D eigenvalue weighted by Crippen LogP contribution is -2.54. The second kappa shape index (κ2) is 7.31. The third-order valence-corrected chi connectivity index (χ3v) is 6.31.